The van der Waals surface area contributed by atoms with Gasteiger partial charge in [0.25, 0.3) is 0 Å². The Morgan fingerprint density at radius 1 is 1.00 bits per heavy atom. The minimum Gasteiger partial charge on any atom is -0.335 e. The van der Waals surface area contributed by atoms with Crippen molar-refractivity contribution in [2.75, 3.05) is 0 Å². The van der Waals surface area contributed by atoms with E-state index in [9.17, 15) is 0 Å². The molecular formula is C19H22N4. The van der Waals surface area contributed by atoms with Crippen LogP contribution in [0.1, 0.15) is 31.0 Å². The smallest absolute Gasteiger partial charge is 0.0991 e. The number of hydrogen-bond acceptors (Lipinski definition) is 3. The fourth-order valence-electron chi connectivity index (χ4n) is 1.54. The Labute approximate surface area is 138 Å². The minimum absolute atomic E-state index is 0.539. The van der Waals surface area contributed by atoms with E-state index in [1.54, 1.807) is 24.5 Å². The van der Waals surface area contributed by atoms with Crippen LogP contribution in [0.4, 0.5) is 0 Å². The van der Waals surface area contributed by atoms with E-state index in [-0.39, 0.29) is 0 Å². The number of benzene rings is 1. The molecule has 0 aliphatic carbocycles. The summed E-state index contributed by atoms with van der Waals surface area (Å²) in [5.74, 6) is 0. The molecule has 23 heavy (non-hydrogen) atoms. The molecule has 118 valence electrons. The molecular weight excluding hydrogens is 284 g/mol. The van der Waals surface area contributed by atoms with Crippen LogP contribution in [0, 0.1) is 18.3 Å². The van der Waals surface area contributed by atoms with Crippen LogP contribution in [0.25, 0.3) is 0 Å². The molecule has 0 fully saturated rings. The zero-order valence-corrected chi connectivity index (χ0v) is 13.8. The zero-order chi connectivity index (χ0) is 16.9. The van der Waals surface area contributed by atoms with Crippen LogP contribution in [0.15, 0.2) is 73.6 Å². The van der Waals surface area contributed by atoms with Crippen molar-refractivity contribution in [3.8, 4) is 6.07 Å². The number of nitrogens with zero attached hydrogens (tertiary/aromatic N) is 4. The fraction of sp³-hybridized carbons (Fsp3) is 0.211. The van der Waals surface area contributed by atoms with Crippen molar-refractivity contribution in [3.05, 3.63) is 84.7 Å². The Hall–Kier alpha value is -2.93. The van der Waals surface area contributed by atoms with Gasteiger partial charge in [-0.05, 0) is 44.5 Å². The monoisotopic (exact) mass is 306 g/mol. The van der Waals surface area contributed by atoms with E-state index < -0.39 is 0 Å². The highest BCUT2D eigenvalue weighted by atomic mass is 15.0. The second-order valence-electron chi connectivity index (χ2n) is 5.11. The quantitative estimate of drug-likeness (QED) is 0.669. The second kappa shape index (κ2) is 10.7. The summed E-state index contributed by atoms with van der Waals surface area (Å²) in [6, 6.07) is 15.6. The lowest BCUT2D eigenvalue weighted by Gasteiger charge is -2.02. The maximum absolute atomic E-state index is 8.29. The first kappa shape index (κ1) is 18.1. The van der Waals surface area contributed by atoms with E-state index in [4.69, 9.17) is 5.26 Å². The van der Waals surface area contributed by atoms with Gasteiger partial charge in [0, 0.05) is 30.8 Å². The van der Waals surface area contributed by atoms with Crippen LogP contribution in [0.3, 0.4) is 0 Å². The van der Waals surface area contributed by atoms with Crippen LogP contribution in [0.5, 0.6) is 0 Å². The van der Waals surface area contributed by atoms with E-state index in [2.05, 4.69) is 28.4 Å². The van der Waals surface area contributed by atoms with Gasteiger partial charge in [0.15, 0.2) is 0 Å². The normalized spacial score (nSPS) is 9.00. The molecule has 0 saturated carbocycles. The Morgan fingerprint density at radius 3 is 2.04 bits per heavy atom. The lowest BCUT2D eigenvalue weighted by atomic mass is 10.2. The Balaban J connectivity index is 0.000000173. The van der Waals surface area contributed by atoms with E-state index in [0.717, 1.165) is 0 Å². The fourth-order valence-corrected chi connectivity index (χ4v) is 1.54. The van der Waals surface area contributed by atoms with Gasteiger partial charge in [0.1, 0.15) is 0 Å². The summed E-state index contributed by atoms with van der Waals surface area (Å²) in [5, 5.41) is 8.29. The van der Waals surface area contributed by atoms with Gasteiger partial charge in [-0.1, -0.05) is 24.3 Å². The molecule has 0 N–H and O–H groups in total. The van der Waals surface area contributed by atoms with Crippen LogP contribution in [-0.4, -0.2) is 14.5 Å². The highest BCUT2D eigenvalue weighted by molar-refractivity contribution is 5.27. The molecule has 0 aliphatic rings. The third kappa shape index (κ3) is 8.18. The van der Waals surface area contributed by atoms with Crippen molar-refractivity contribution < 1.29 is 0 Å². The lowest BCUT2D eigenvalue weighted by Crippen LogP contribution is -1.95. The van der Waals surface area contributed by atoms with Crippen LogP contribution >= 0.6 is 0 Å². The maximum Gasteiger partial charge on any atom is 0.0991 e. The molecule has 0 amide bonds. The number of aromatic nitrogens is 3. The van der Waals surface area contributed by atoms with Crippen molar-refractivity contribution >= 4 is 0 Å². The van der Waals surface area contributed by atoms with Crippen molar-refractivity contribution in [3.63, 3.8) is 0 Å². The number of pyridine rings is 1. The first-order valence-electron chi connectivity index (χ1n) is 7.42. The highest BCUT2D eigenvalue weighted by Crippen LogP contribution is 1.99. The molecule has 0 atom stereocenters. The molecule has 0 spiro atoms. The summed E-state index contributed by atoms with van der Waals surface area (Å²) in [6.07, 6.45) is 9.18. The number of nitriles is 1. The zero-order valence-electron chi connectivity index (χ0n) is 13.8. The molecule has 1 aromatic carbocycles. The minimum atomic E-state index is 0.539. The molecule has 2 heterocycles. The Kier molecular flexibility index (Phi) is 8.47. The number of rotatable bonds is 1. The number of imidazole rings is 1. The average molecular weight is 306 g/mol. The molecule has 0 radical (unpaired) electrons. The molecule has 3 rings (SSSR count). The van der Waals surface area contributed by atoms with Gasteiger partial charge >= 0.3 is 0 Å². The summed E-state index contributed by atoms with van der Waals surface area (Å²) in [7, 11) is 0. The third-order valence-electron chi connectivity index (χ3n) is 2.83. The molecule has 0 aliphatic heterocycles. The van der Waals surface area contributed by atoms with Crippen molar-refractivity contribution in [2.24, 2.45) is 0 Å². The van der Waals surface area contributed by atoms with Crippen molar-refractivity contribution in [2.45, 2.75) is 26.8 Å². The average Bonchev–Trinajstić information content (AvgIpc) is 3.12. The molecule has 2 aromatic heterocycles. The molecule has 0 saturated heterocycles. The van der Waals surface area contributed by atoms with E-state index >= 15 is 0 Å². The summed E-state index contributed by atoms with van der Waals surface area (Å²) in [6.45, 7) is 6.27. The van der Waals surface area contributed by atoms with Gasteiger partial charge in [-0.15, -0.1) is 0 Å². The van der Waals surface area contributed by atoms with Gasteiger partial charge in [0.05, 0.1) is 18.0 Å². The van der Waals surface area contributed by atoms with Gasteiger partial charge in [-0.25, -0.2) is 4.98 Å². The first-order valence-corrected chi connectivity index (χ1v) is 7.42. The Bertz CT molecular complexity index is 668. The molecule has 3 aromatic rings. The first-order chi connectivity index (χ1) is 11.1. The van der Waals surface area contributed by atoms with E-state index in [1.165, 1.54) is 5.56 Å². The molecule has 0 unspecified atom stereocenters. The molecule has 0 bridgehead atoms. The van der Waals surface area contributed by atoms with Crippen LogP contribution < -0.4 is 0 Å². The Morgan fingerprint density at radius 2 is 1.74 bits per heavy atom. The topological polar surface area (TPSA) is 54.5 Å². The predicted molar refractivity (Wildman–Crippen MR) is 92.7 cm³/mol. The largest absolute Gasteiger partial charge is 0.335 e. The lowest BCUT2D eigenvalue weighted by molar-refractivity contribution is 0.600. The second-order valence-corrected chi connectivity index (χ2v) is 5.11. The molecule has 4 nitrogen and oxygen atoms in total. The summed E-state index contributed by atoms with van der Waals surface area (Å²) in [5.41, 5.74) is 1.93. The predicted octanol–water partition coefficient (Wildman–Crippen LogP) is 4.41. The van der Waals surface area contributed by atoms with E-state index in [1.807, 2.05) is 62.0 Å². The standard InChI is InChI=1S/C7H5N.C6H10N2.C6H7N/c8-6-7-4-2-1-3-5-7;1-6(2)8-4-3-7-5-8;1-6-3-2-4-7-5-6/h1-5H;3-6H,1-2H3;2-5H,1H3. The summed E-state index contributed by atoms with van der Waals surface area (Å²) >= 11 is 0. The maximum atomic E-state index is 8.29. The van der Waals surface area contributed by atoms with Gasteiger partial charge < -0.3 is 4.57 Å². The van der Waals surface area contributed by atoms with Gasteiger partial charge in [-0.3, -0.25) is 4.98 Å². The number of aryl methyl sites for hydroxylation is 1. The molecule has 4 heteroatoms. The van der Waals surface area contributed by atoms with Crippen molar-refractivity contribution in [1.29, 1.82) is 5.26 Å². The number of hydrogen-bond donors (Lipinski definition) is 0. The highest BCUT2D eigenvalue weighted by Gasteiger charge is 1.90. The SMILES string of the molecule is CC(C)n1ccnc1.Cc1cccnc1.N#Cc1ccccc1. The van der Waals surface area contributed by atoms with Gasteiger partial charge in [0.2, 0.25) is 0 Å². The summed E-state index contributed by atoms with van der Waals surface area (Å²) in [4.78, 5) is 7.79. The van der Waals surface area contributed by atoms with E-state index in [0.29, 0.717) is 11.6 Å². The van der Waals surface area contributed by atoms with Gasteiger partial charge in [-0.2, -0.15) is 5.26 Å². The third-order valence-corrected chi connectivity index (χ3v) is 2.83. The summed E-state index contributed by atoms with van der Waals surface area (Å²) < 4.78 is 2.06. The van der Waals surface area contributed by atoms with Crippen molar-refractivity contribution in [1.82, 2.24) is 14.5 Å². The van der Waals surface area contributed by atoms with Crippen LogP contribution in [0.2, 0.25) is 0 Å². The van der Waals surface area contributed by atoms with Crippen LogP contribution in [-0.2, 0) is 0 Å².